The topological polar surface area (TPSA) is 89.3 Å². The summed E-state index contributed by atoms with van der Waals surface area (Å²) in [5, 5.41) is 7.90. The smallest absolute Gasteiger partial charge is 0.326 e. The Morgan fingerprint density at radius 1 is 1.00 bits per heavy atom. The number of halogens is 3. The Morgan fingerprint density at radius 2 is 1.57 bits per heavy atom. The number of nitrogens with two attached hydrogens (primary N) is 1. The molecule has 0 aliphatic heterocycles. The second-order valence-electron chi connectivity index (χ2n) is 8.07. The summed E-state index contributed by atoms with van der Waals surface area (Å²) >= 11 is 0. The average molecular weight is 438 g/mol. The van der Waals surface area contributed by atoms with Gasteiger partial charge in [-0.2, -0.15) is 13.2 Å². The van der Waals surface area contributed by atoms with Crippen molar-refractivity contribution in [3.8, 4) is 0 Å². The van der Waals surface area contributed by atoms with Crippen molar-refractivity contribution in [2.24, 2.45) is 16.5 Å². The van der Waals surface area contributed by atoms with Crippen molar-refractivity contribution in [1.29, 1.82) is 0 Å². The summed E-state index contributed by atoms with van der Waals surface area (Å²) in [6.45, 7) is 0. The zero-order chi connectivity index (χ0) is 21.7. The predicted molar refractivity (Wildman–Crippen MR) is 105 cm³/mol. The largest absolute Gasteiger partial charge is 0.416 e. The number of benzene rings is 2. The number of hydrogen-bond acceptors (Lipinski definition) is 3. The lowest BCUT2D eigenvalue weighted by Gasteiger charge is -2.10. The molecular weight excluding hydrogens is 417 g/mol. The minimum Gasteiger partial charge on any atom is -0.326 e. The van der Waals surface area contributed by atoms with Gasteiger partial charge in [0.2, 0.25) is 15.9 Å². The van der Waals surface area contributed by atoms with Gasteiger partial charge in [-0.1, -0.05) is 25.0 Å². The van der Waals surface area contributed by atoms with Gasteiger partial charge in [0.25, 0.3) is 0 Å². The molecule has 2 saturated carbocycles. The molecular formula is C21H21F3N2O3S. The lowest BCUT2D eigenvalue weighted by atomic mass is 9.97. The van der Waals surface area contributed by atoms with Gasteiger partial charge in [-0.05, 0) is 60.2 Å². The maximum absolute atomic E-state index is 13.0. The van der Waals surface area contributed by atoms with Crippen LogP contribution >= 0.6 is 0 Å². The summed E-state index contributed by atoms with van der Waals surface area (Å²) in [6, 6.07) is 10.6. The minimum absolute atomic E-state index is 0.0122. The van der Waals surface area contributed by atoms with Crippen molar-refractivity contribution in [1.82, 2.24) is 0 Å². The maximum atomic E-state index is 13.0. The number of amides is 1. The first-order chi connectivity index (χ1) is 14.0. The summed E-state index contributed by atoms with van der Waals surface area (Å²) < 4.78 is 61.2. The summed E-state index contributed by atoms with van der Waals surface area (Å²) in [4.78, 5) is 13.0. The number of hydrogen-bond donors (Lipinski definition) is 2. The quantitative estimate of drug-likeness (QED) is 0.747. The molecule has 2 aromatic carbocycles. The number of carbonyl (C=O) groups is 1. The van der Waals surface area contributed by atoms with E-state index < -0.39 is 21.8 Å². The highest BCUT2D eigenvalue weighted by atomic mass is 32.2. The van der Waals surface area contributed by atoms with Crippen molar-refractivity contribution in [2.75, 3.05) is 5.32 Å². The first-order valence-electron chi connectivity index (χ1n) is 9.63. The molecule has 0 bridgehead atoms. The molecule has 5 nitrogen and oxygen atoms in total. The molecule has 0 saturated heterocycles. The number of alkyl halides is 3. The number of anilines is 1. The zero-order valence-corrected chi connectivity index (χ0v) is 16.8. The SMILES string of the molecule is NS(=O)(=O)c1ccc([C@@H]2[C@@H](C(=O)Nc3ccc(C(F)(F)F)cc3)C23CCCC3)cc1. The summed E-state index contributed by atoms with van der Waals surface area (Å²) in [5.74, 6) is -0.580. The molecule has 1 spiro atoms. The van der Waals surface area contributed by atoms with E-state index in [0.29, 0.717) is 5.69 Å². The molecule has 30 heavy (non-hydrogen) atoms. The van der Waals surface area contributed by atoms with Crippen LogP contribution in [0.15, 0.2) is 53.4 Å². The molecule has 2 aromatic rings. The predicted octanol–water partition coefficient (Wildman–Crippen LogP) is 4.27. The van der Waals surface area contributed by atoms with Crippen LogP contribution in [0, 0.1) is 11.3 Å². The number of primary sulfonamides is 1. The molecule has 9 heteroatoms. The average Bonchev–Trinajstić information content (AvgIpc) is 3.05. The lowest BCUT2D eigenvalue weighted by Crippen LogP contribution is -2.18. The van der Waals surface area contributed by atoms with Crippen molar-refractivity contribution >= 4 is 21.6 Å². The van der Waals surface area contributed by atoms with Gasteiger partial charge in [0.15, 0.2) is 0 Å². The van der Waals surface area contributed by atoms with Crippen LogP contribution < -0.4 is 10.5 Å². The Bertz CT molecular complexity index is 1060. The zero-order valence-electron chi connectivity index (χ0n) is 15.9. The fraction of sp³-hybridized carbons (Fsp3) is 0.381. The van der Waals surface area contributed by atoms with Crippen LogP contribution in [0.25, 0.3) is 0 Å². The second-order valence-corrected chi connectivity index (χ2v) is 9.64. The number of nitrogens with one attached hydrogen (secondary N) is 1. The summed E-state index contributed by atoms with van der Waals surface area (Å²) in [6.07, 6.45) is -0.633. The van der Waals surface area contributed by atoms with E-state index in [1.165, 1.54) is 24.3 Å². The molecule has 2 aliphatic carbocycles. The Hall–Kier alpha value is -2.39. The van der Waals surface area contributed by atoms with E-state index in [1.54, 1.807) is 12.1 Å². The van der Waals surface area contributed by atoms with E-state index in [1.807, 2.05) is 0 Å². The van der Waals surface area contributed by atoms with E-state index in [9.17, 15) is 26.4 Å². The van der Waals surface area contributed by atoms with E-state index in [2.05, 4.69) is 5.32 Å². The van der Waals surface area contributed by atoms with Crippen LogP contribution in [0.3, 0.4) is 0 Å². The standard InChI is InChI=1S/C21H21F3N2O3S/c22-21(23,24)14-5-7-15(8-6-14)26-19(27)18-17(20(18)11-1-2-12-20)13-3-9-16(10-4-13)30(25,28)29/h3-10,17-18H,1-2,11-12H2,(H,26,27)(H2,25,28,29)/t17-,18+/m1/s1. The highest BCUT2D eigenvalue weighted by Crippen LogP contribution is 2.72. The van der Waals surface area contributed by atoms with Crippen molar-refractivity contribution in [3.63, 3.8) is 0 Å². The maximum Gasteiger partial charge on any atom is 0.416 e. The molecule has 1 amide bonds. The molecule has 0 unspecified atom stereocenters. The highest BCUT2D eigenvalue weighted by molar-refractivity contribution is 7.89. The third kappa shape index (κ3) is 3.72. The van der Waals surface area contributed by atoms with Gasteiger partial charge < -0.3 is 5.32 Å². The third-order valence-electron chi connectivity index (χ3n) is 6.33. The van der Waals surface area contributed by atoms with Gasteiger partial charge >= 0.3 is 6.18 Å². The van der Waals surface area contributed by atoms with Gasteiger partial charge in [0, 0.05) is 11.6 Å². The molecule has 2 fully saturated rings. The molecule has 2 atom stereocenters. The Kier molecular flexibility index (Phi) is 4.93. The van der Waals surface area contributed by atoms with Crippen molar-refractivity contribution < 1.29 is 26.4 Å². The van der Waals surface area contributed by atoms with E-state index >= 15 is 0 Å². The second kappa shape index (κ2) is 7.09. The molecule has 4 rings (SSSR count). The summed E-state index contributed by atoms with van der Waals surface area (Å²) in [7, 11) is -3.80. The van der Waals surface area contributed by atoms with Crippen LogP contribution in [0.2, 0.25) is 0 Å². The first-order valence-corrected chi connectivity index (χ1v) is 11.2. The normalized spacial score (nSPS) is 22.8. The van der Waals surface area contributed by atoms with Gasteiger partial charge in [-0.15, -0.1) is 0 Å². The first kappa shape index (κ1) is 20.9. The molecule has 2 aliphatic rings. The summed E-state index contributed by atoms with van der Waals surface area (Å²) in [5.41, 5.74) is 0.235. The molecule has 0 aromatic heterocycles. The molecule has 0 radical (unpaired) electrons. The Morgan fingerprint density at radius 3 is 2.07 bits per heavy atom. The highest BCUT2D eigenvalue weighted by Gasteiger charge is 2.68. The van der Waals surface area contributed by atoms with Crippen molar-refractivity contribution in [2.45, 2.75) is 42.7 Å². The van der Waals surface area contributed by atoms with Crippen LogP contribution in [0.1, 0.15) is 42.7 Å². The minimum atomic E-state index is -4.43. The van der Waals surface area contributed by atoms with Crippen LogP contribution in [0.4, 0.5) is 18.9 Å². The van der Waals surface area contributed by atoms with E-state index in [0.717, 1.165) is 43.4 Å². The molecule has 3 N–H and O–H groups in total. The Labute approximate surface area is 172 Å². The van der Waals surface area contributed by atoms with Crippen LogP contribution in [0.5, 0.6) is 0 Å². The monoisotopic (exact) mass is 438 g/mol. The molecule has 160 valence electrons. The molecule has 0 heterocycles. The number of carbonyl (C=O) groups excluding carboxylic acids is 1. The van der Waals surface area contributed by atoms with Crippen molar-refractivity contribution in [3.05, 3.63) is 59.7 Å². The van der Waals surface area contributed by atoms with Gasteiger partial charge in [0.1, 0.15) is 0 Å². The Balaban J connectivity index is 1.54. The van der Waals surface area contributed by atoms with Gasteiger partial charge in [0.05, 0.1) is 16.4 Å². The fourth-order valence-corrected chi connectivity index (χ4v) is 5.43. The van der Waals surface area contributed by atoms with Gasteiger partial charge in [-0.3, -0.25) is 4.79 Å². The number of sulfonamides is 1. The van der Waals surface area contributed by atoms with Gasteiger partial charge in [-0.25, -0.2) is 13.6 Å². The van der Waals surface area contributed by atoms with E-state index in [4.69, 9.17) is 5.14 Å². The van der Waals surface area contributed by atoms with E-state index in [-0.39, 0.29) is 28.1 Å². The lowest BCUT2D eigenvalue weighted by molar-refractivity contribution is -0.137. The fourth-order valence-electron chi connectivity index (χ4n) is 4.91. The third-order valence-corrected chi connectivity index (χ3v) is 7.26. The van der Waals surface area contributed by atoms with Crippen LogP contribution in [-0.4, -0.2) is 14.3 Å². The number of rotatable bonds is 4. The van der Waals surface area contributed by atoms with Crippen LogP contribution in [-0.2, 0) is 21.0 Å².